The predicted molar refractivity (Wildman–Crippen MR) is 96.6 cm³/mol. The molecule has 0 aliphatic carbocycles. The summed E-state index contributed by atoms with van der Waals surface area (Å²) < 4.78 is 15.9. The molecule has 1 amide bonds. The maximum atomic E-state index is 12.1. The van der Waals surface area contributed by atoms with Crippen LogP contribution in [0.1, 0.15) is 15.9 Å². The van der Waals surface area contributed by atoms with Crippen molar-refractivity contribution in [1.29, 1.82) is 0 Å². The molecular weight excluding hydrogens is 322 g/mol. The van der Waals surface area contributed by atoms with Gasteiger partial charge in [0.05, 0.1) is 27.0 Å². The van der Waals surface area contributed by atoms with E-state index in [-0.39, 0.29) is 5.91 Å². The number of nitrogens with one attached hydrogen (secondary N) is 2. The first kappa shape index (κ1) is 18.0. The van der Waals surface area contributed by atoms with E-state index in [4.69, 9.17) is 19.9 Å². The molecule has 2 aromatic rings. The van der Waals surface area contributed by atoms with Gasteiger partial charge in [-0.25, -0.2) is 0 Å². The highest BCUT2D eigenvalue weighted by Gasteiger charge is 2.15. The lowest BCUT2D eigenvalue weighted by atomic mass is 10.1. The Bertz CT molecular complexity index is 747. The SMILES string of the molecule is C=C(NNC(=O)c1ccc(N)cc1)c1cc(OC)c(OC)c(OC)c1. The molecule has 0 aromatic heterocycles. The molecule has 0 fully saturated rings. The van der Waals surface area contributed by atoms with Crippen molar-refractivity contribution < 1.29 is 19.0 Å². The van der Waals surface area contributed by atoms with E-state index in [2.05, 4.69) is 17.4 Å². The zero-order valence-electron chi connectivity index (χ0n) is 14.4. The Hall–Kier alpha value is -3.35. The Balaban J connectivity index is 2.12. The summed E-state index contributed by atoms with van der Waals surface area (Å²) in [5.74, 6) is 1.15. The number of anilines is 1. The van der Waals surface area contributed by atoms with E-state index in [0.717, 1.165) is 0 Å². The van der Waals surface area contributed by atoms with Crippen molar-refractivity contribution in [2.24, 2.45) is 0 Å². The Morgan fingerprint density at radius 1 is 0.920 bits per heavy atom. The van der Waals surface area contributed by atoms with Gasteiger partial charge in [-0.05, 0) is 36.4 Å². The minimum atomic E-state index is -0.311. The molecule has 0 bridgehead atoms. The topological polar surface area (TPSA) is 94.8 Å². The third-order valence-electron chi connectivity index (χ3n) is 3.51. The van der Waals surface area contributed by atoms with Gasteiger partial charge in [0.15, 0.2) is 11.5 Å². The molecule has 0 unspecified atom stereocenters. The Morgan fingerprint density at radius 3 is 1.96 bits per heavy atom. The molecule has 0 saturated carbocycles. The number of ether oxygens (including phenoxy) is 3. The van der Waals surface area contributed by atoms with Crippen molar-refractivity contribution in [3.8, 4) is 17.2 Å². The van der Waals surface area contributed by atoms with Crippen LogP contribution in [0.3, 0.4) is 0 Å². The second-order valence-electron chi connectivity index (χ2n) is 5.09. The van der Waals surface area contributed by atoms with E-state index in [1.807, 2.05) is 0 Å². The van der Waals surface area contributed by atoms with Crippen molar-refractivity contribution in [2.75, 3.05) is 27.1 Å². The first-order valence-electron chi connectivity index (χ1n) is 7.41. The average molecular weight is 343 g/mol. The van der Waals surface area contributed by atoms with Gasteiger partial charge in [0, 0.05) is 16.8 Å². The second-order valence-corrected chi connectivity index (χ2v) is 5.09. The molecule has 2 rings (SSSR count). The zero-order valence-corrected chi connectivity index (χ0v) is 14.4. The fourth-order valence-electron chi connectivity index (χ4n) is 2.17. The Kier molecular flexibility index (Phi) is 5.73. The maximum Gasteiger partial charge on any atom is 0.269 e. The van der Waals surface area contributed by atoms with Crippen LogP contribution in [0.2, 0.25) is 0 Å². The number of methoxy groups -OCH3 is 3. The molecule has 2 aromatic carbocycles. The van der Waals surface area contributed by atoms with Crippen LogP contribution in [0.25, 0.3) is 5.70 Å². The first-order chi connectivity index (χ1) is 12.0. The second kappa shape index (κ2) is 7.96. The highest BCUT2D eigenvalue weighted by atomic mass is 16.5. The lowest BCUT2D eigenvalue weighted by molar-refractivity contribution is 0.0942. The zero-order chi connectivity index (χ0) is 18.4. The van der Waals surface area contributed by atoms with Crippen molar-refractivity contribution >= 4 is 17.3 Å². The average Bonchev–Trinajstić information content (AvgIpc) is 2.64. The standard InChI is InChI=1S/C18H21N3O4/c1-11(20-21-18(22)12-5-7-14(19)8-6-12)13-9-15(23-2)17(25-4)16(10-13)24-3/h5-10,20H,1,19H2,2-4H3,(H,21,22). The summed E-state index contributed by atoms with van der Waals surface area (Å²) in [4.78, 5) is 12.1. The van der Waals surface area contributed by atoms with Crippen LogP contribution < -0.4 is 30.8 Å². The van der Waals surface area contributed by atoms with Crippen molar-refractivity contribution in [3.63, 3.8) is 0 Å². The molecule has 0 radical (unpaired) electrons. The van der Waals surface area contributed by atoms with Crippen LogP contribution in [0.5, 0.6) is 17.2 Å². The minimum absolute atomic E-state index is 0.311. The quantitative estimate of drug-likeness (QED) is 0.527. The van der Waals surface area contributed by atoms with E-state index >= 15 is 0 Å². The number of nitrogen functional groups attached to an aromatic ring is 1. The maximum absolute atomic E-state index is 12.1. The Morgan fingerprint density at radius 2 is 1.48 bits per heavy atom. The molecule has 25 heavy (non-hydrogen) atoms. The van der Waals surface area contributed by atoms with E-state index in [1.54, 1.807) is 36.4 Å². The van der Waals surface area contributed by atoms with Crippen LogP contribution in [0, 0.1) is 0 Å². The van der Waals surface area contributed by atoms with Gasteiger partial charge in [0.25, 0.3) is 5.91 Å². The molecule has 0 aliphatic rings. The van der Waals surface area contributed by atoms with Crippen LogP contribution in [0.4, 0.5) is 5.69 Å². The lowest BCUT2D eigenvalue weighted by Crippen LogP contribution is -2.35. The molecule has 0 spiro atoms. The van der Waals surface area contributed by atoms with Gasteiger partial charge in [-0.2, -0.15) is 0 Å². The summed E-state index contributed by atoms with van der Waals surface area (Å²) in [6.45, 7) is 3.91. The minimum Gasteiger partial charge on any atom is -0.493 e. The number of benzene rings is 2. The smallest absolute Gasteiger partial charge is 0.269 e. The van der Waals surface area contributed by atoms with Gasteiger partial charge in [-0.15, -0.1) is 0 Å². The number of amides is 1. The normalized spacial score (nSPS) is 9.88. The van der Waals surface area contributed by atoms with Crippen molar-refractivity contribution in [2.45, 2.75) is 0 Å². The monoisotopic (exact) mass is 343 g/mol. The summed E-state index contributed by atoms with van der Waals surface area (Å²) in [6.07, 6.45) is 0. The van der Waals surface area contributed by atoms with Gasteiger partial charge >= 0.3 is 0 Å². The molecule has 0 heterocycles. The number of carbonyl (C=O) groups excluding carboxylic acids is 1. The van der Waals surface area contributed by atoms with E-state index < -0.39 is 0 Å². The summed E-state index contributed by atoms with van der Waals surface area (Å²) >= 11 is 0. The van der Waals surface area contributed by atoms with Crippen LogP contribution >= 0.6 is 0 Å². The number of hydrazine groups is 1. The number of hydrogen-bond donors (Lipinski definition) is 3. The first-order valence-corrected chi connectivity index (χ1v) is 7.41. The molecule has 0 atom stereocenters. The highest BCUT2D eigenvalue weighted by molar-refractivity contribution is 5.94. The third-order valence-corrected chi connectivity index (χ3v) is 3.51. The third kappa shape index (κ3) is 4.14. The van der Waals surface area contributed by atoms with Crippen LogP contribution in [0.15, 0.2) is 43.0 Å². The summed E-state index contributed by atoms with van der Waals surface area (Å²) in [5.41, 5.74) is 13.2. The predicted octanol–water partition coefficient (Wildman–Crippen LogP) is 2.20. The summed E-state index contributed by atoms with van der Waals surface area (Å²) in [6, 6.07) is 10.0. The number of rotatable bonds is 7. The van der Waals surface area contributed by atoms with E-state index in [1.165, 1.54) is 21.3 Å². The molecule has 7 heteroatoms. The van der Waals surface area contributed by atoms with Crippen molar-refractivity contribution in [1.82, 2.24) is 10.9 Å². The molecular formula is C18H21N3O4. The highest BCUT2D eigenvalue weighted by Crippen LogP contribution is 2.39. The molecule has 132 valence electrons. The van der Waals surface area contributed by atoms with Gasteiger partial charge in [0.2, 0.25) is 5.75 Å². The largest absolute Gasteiger partial charge is 0.493 e. The van der Waals surface area contributed by atoms with Gasteiger partial charge in [-0.1, -0.05) is 6.58 Å². The summed E-state index contributed by atoms with van der Waals surface area (Å²) in [5, 5.41) is 0. The molecule has 4 N–H and O–H groups in total. The number of carbonyl (C=O) groups is 1. The van der Waals surface area contributed by atoms with Crippen molar-refractivity contribution in [3.05, 3.63) is 54.1 Å². The fraction of sp³-hybridized carbons (Fsp3) is 0.167. The van der Waals surface area contributed by atoms with E-state index in [0.29, 0.717) is 39.8 Å². The Labute approximate surface area is 146 Å². The van der Waals surface area contributed by atoms with E-state index in [9.17, 15) is 4.79 Å². The van der Waals surface area contributed by atoms with Gasteiger partial charge < -0.3 is 19.9 Å². The van der Waals surface area contributed by atoms with Gasteiger partial charge in [0.1, 0.15) is 0 Å². The molecule has 0 saturated heterocycles. The van der Waals surface area contributed by atoms with Gasteiger partial charge in [-0.3, -0.25) is 15.6 Å². The van der Waals surface area contributed by atoms with Crippen LogP contribution in [-0.4, -0.2) is 27.2 Å². The lowest BCUT2D eigenvalue weighted by Gasteiger charge is -2.16. The molecule has 7 nitrogen and oxygen atoms in total. The number of hydrogen-bond acceptors (Lipinski definition) is 6. The fourth-order valence-corrected chi connectivity index (χ4v) is 2.17. The molecule has 0 aliphatic heterocycles. The van der Waals surface area contributed by atoms with Crippen LogP contribution in [-0.2, 0) is 0 Å². The summed E-state index contributed by atoms with van der Waals surface area (Å²) in [7, 11) is 4.58. The number of nitrogens with two attached hydrogens (primary N) is 1.